The van der Waals surface area contributed by atoms with Gasteiger partial charge in [0.05, 0.1) is 18.9 Å². The van der Waals surface area contributed by atoms with Gasteiger partial charge in [-0.05, 0) is 24.6 Å². The summed E-state index contributed by atoms with van der Waals surface area (Å²) in [6, 6.07) is 6.71. The third-order valence-corrected chi connectivity index (χ3v) is 3.33. The number of rotatable bonds is 1. The Bertz CT molecular complexity index is 491. The normalized spacial score (nSPS) is 23.5. The maximum atomic E-state index is 12.2. The average molecular weight is 246 g/mol. The number of urea groups is 1. The summed E-state index contributed by atoms with van der Waals surface area (Å²) in [6.07, 6.45) is 0. The van der Waals surface area contributed by atoms with E-state index < -0.39 is 6.04 Å². The van der Waals surface area contributed by atoms with Gasteiger partial charge in [0.15, 0.2) is 0 Å². The first-order valence-electron chi connectivity index (χ1n) is 5.97. The Labute approximate surface area is 105 Å². The number of carbonyl (C=O) groups is 2. The van der Waals surface area contributed by atoms with Gasteiger partial charge in [-0.2, -0.15) is 0 Å². The molecule has 3 rings (SSSR count). The number of morpholine rings is 1. The summed E-state index contributed by atoms with van der Waals surface area (Å²) < 4.78 is 5.27. The predicted octanol–water partition coefficient (Wildman–Crippen LogP) is 1.16. The first-order valence-corrected chi connectivity index (χ1v) is 5.97. The SMILES string of the molecule is Cc1cccc(N2C(=O)C3COCCN3C2=O)c1. The van der Waals surface area contributed by atoms with E-state index in [1.807, 2.05) is 25.1 Å². The van der Waals surface area contributed by atoms with Crippen molar-refractivity contribution < 1.29 is 14.3 Å². The maximum absolute atomic E-state index is 12.2. The lowest BCUT2D eigenvalue weighted by Crippen LogP contribution is -2.45. The van der Waals surface area contributed by atoms with Gasteiger partial charge in [-0.25, -0.2) is 9.69 Å². The van der Waals surface area contributed by atoms with Crippen LogP contribution >= 0.6 is 0 Å². The molecule has 2 heterocycles. The topological polar surface area (TPSA) is 49.9 Å². The summed E-state index contributed by atoms with van der Waals surface area (Å²) >= 11 is 0. The molecule has 0 aromatic heterocycles. The highest BCUT2D eigenvalue weighted by Crippen LogP contribution is 2.27. The van der Waals surface area contributed by atoms with E-state index >= 15 is 0 Å². The molecule has 0 bridgehead atoms. The highest BCUT2D eigenvalue weighted by atomic mass is 16.5. The molecule has 0 saturated carbocycles. The van der Waals surface area contributed by atoms with Crippen LogP contribution in [-0.2, 0) is 9.53 Å². The van der Waals surface area contributed by atoms with E-state index in [4.69, 9.17) is 4.74 Å². The number of anilines is 1. The first-order chi connectivity index (χ1) is 8.68. The first kappa shape index (κ1) is 11.2. The fraction of sp³-hybridized carbons (Fsp3) is 0.385. The standard InChI is InChI=1S/C13H14N2O3/c1-9-3-2-4-10(7-9)15-12(16)11-8-18-6-5-14(11)13(15)17/h2-4,7,11H,5-6,8H2,1H3. The molecule has 94 valence electrons. The Morgan fingerprint density at radius 2 is 2.17 bits per heavy atom. The third kappa shape index (κ3) is 1.59. The minimum Gasteiger partial charge on any atom is -0.377 e. The molecular formula is C13H14N2O3. The molecule has 2 fully saturated rings. The third-order valence-electron chi connectivity index (χ3n) is 3.33. The number of aryl methyl sites for hydroxylation is 1. The molecule has 3 amide bonds. The molecule has 0 spiro atoms. The molecule has 18 heavy (non-hydrogen) atoms. The largest absolute Gasteiger partial charge is 0.377 e. The number of imide groups is 1. The van der Waals surface area contributed by atoms with Crippen molar-refractivity contribution in [3.8, 4) is 0 Å². The van der Waals surface area contributed by atoms with Crippen molar-refractivity contribution in [2.24, 2.45) is 0 Å². The van der Waals surface area contributed by atoms with Crippen LogP contribution in [0.3, 0.4) is 0 Å². The van der Waals surface area contributed by atoms with Crippen LogP contribution in [0, 0.1) is 6.92 Å². The van der Waals surface area contributed by atoms with Crippen molar-refractivity contribution in [3.05, 3.63) is 29.8 Å². The zero-order valence-electron chi connectivity index (χ0n) is 10.1. The van der Waals surface area contributed by atoms with Crippen LogP contribution in [0.25, 0.3) is 0 Å². The van der Waals surface area contributed by atoms with E-state index in [9.17, 15) is 9.59 Å². The quantitative estimate of drug-likeness (QED) is 0.699. The zero-order valence-corrected chi connectivity index (χ0v) is 10.1. The Balaban J connectivity index is 1.97. The van der Waals surface area contributed by atoms with Crippen LogP contribution in [0.15, 0.2) is 24.3 Å². The van der Waals surface area contributed by atoms with Gasteiger partial charge in [0, 0.05) is 6.54 Å². The second-order valence-electron chi connectivity index (χ2n) is 4.58. The van der Waals surface area contributed by atoms with E-state index in [1.165, 1.54) is 4.90 Å². The van der Waals surface area contributed by atoms with Crippen LogP contribution < -0.4 is 4.90 Å². The van der Waals surface area contributed by atoms with Crippen LogP contribution in [0.4, 0.5) is 10.5 Å². The van der Waals surface area contributed by atoms with Gasteiger partial charge in [0.2, 0.25) is 0 Å². The second kappa shape index (κ2) is 4.10. The lowest BCUT2D eigenvalue weighted by atomic mass is 10.2. The van der Waals surface area contributed by atoms with E-state index in [1.54, 1.807) is 11.0 Å². The fourth-order valence-electron chi connectivity index (χ4n) is 2.41. The summed E-state index contributed by atoms with van der Waals surface area (Å²) in [6.45, 7) is 3.21. The molecule has 0 N–H and O–H groups in total. The summed E-state index contributed by atoms with van der Waals surface area (Å²) in [5, 5.41) is 0. The molecule has 1 unspecified atom stereocenters. The summed E-state index contributed by atoms with van der Waals surface area (Å²) in [4.78, 5) is 27.3. The molecule has 1 atom stereocenters. The number of hydrogen-bond acceptors (Lipinski definition) is 3. The Morgan fingerprint density at radius 3 is 2.89 bits per heavy atom. The van der Waals surface area contributed by atoms with Crippen LogP contribution in [0.5, 0.6) is 0 Å². The van der Waals surface area contributed by atoms with Crippen molar-refractivity contribution in [1.82, 2.24) is 4.90 Å². The number of fused-ring (bicyclic) bond motifs is 1. The number of carbonyl (C=O) groups excluding carboxylic acids is 2. The van der Waals surface area contributed by atoms with Crippen LogP contribution in [0.1, 0.15) is 5.56 Å². The van der Waals surface area contributed by atoms with Gasteiger partial charge >= 0.3 is 6.03 Å². The van der Waals surface area contributed by atoms with Gasteiger partial charge < -0.3 is 9.64 Å². The van der Waals surface area contributed by atoms with Crippen LogP contribution in [-0.4, -0.2) is 42.6 Å². The lowest BCUT2D eigenvalue weighted by molar-refractivity contribution is -0.123. The van der Waals surface area contributed by atoms with Crippen molar-refractivity contribution in [3.63, 3.8) is 0 Å². The van der Waals surface area contributed by atoms with E-state index in [0.29, 0.717) is 25.4 Å². The molecule has 1 aromatic rings. The van der Waals surface area contributed by atoms with E-state index in [2.05, 4.69) is 0 Å². The molecule has 5 heteroatoms. The van der Waals surface area contributed by atoms with Gasteiger partial charge in [-0.15, -0.1) is 0 Å². The summed E-state index contributed by atoms with van der Waals surface area (Å²) in [5.74, 6) is -0.190. The number of hydrogen-bond donors (Lipinski definition) is 0. The Kier molecular flexibility index (Phi) is 2.56. The predicted molar refractivity (Wildman–Crippen MR) is 65.4 cm³/mol. The van der Waals surface area contributed by atoms with Crippen LogP contribution in [0.2, 0.25) is 0 Å². The van der Waals surface area contributed by atoms with Crippen molar-refractivity contribution in [2.45, 2.75) is 13.0 Å². The lowest BCUT2D eigenvalue weighted by Gasteiger charge is -2.26. The average Bonchev–Trinajstić information content (AvgIpc) is 2.63. The minimum atomic E-state index is -0.452. The summed E-state index contributed by atoms with van der Waals surface area (Å²) in [5.41, 5.74) is 1.66. The molecule has 2 aliphatic rings. The van der Waals surface area contributed by atoms with Gasteiger partial charge in [-0.3, -0.25) is 4.79 Å². The maximum Gasteiger partial charge on any atom is 0.332 e. The second-order valence-corrected chi connectivity index (χ2v) is 4.58. The van der Waals surface area contributed by atoms with Crippen molar-refractivity contribution in [2.75, 3.05) is 24.7 Å². The molecule has 0 aliphatic carbocycles. The van der Waals surface area contributed by atoms with Crippen molar-refractivity contribution in [1.29, 1.82) is 0 Å². The zero-order chi connectivity index (χ0) is 12.7. The van der Waals surface area contributed by atoms with Gasteiger partial charge in [0.25, 0.3) is 5.91 Å². The number of nitrogens with zero attached hydrogens (tertiary/aromatic N) is 2. The molecule has 2 saturated heterocycles. The molecular weight excluding hydrogens is 232 g/mol. The number of ether oxygens (including phenoxy) is 1. The Hall–Kier alpha value is -1.88. The van der Waals surface area contributed by atoms with Crippen molar-refractivity contribution >= 4 is 17.6 Å². The fourth-order valence-corrected chi connectivity index (χ4v) is 2.41. The molecule has 0 radical (unpaired) electrons. The smallest absolute Gasteiger partial charge is 0.332 e. The minimum absolute atomic E-state index is 0.190. The molecule has 2 aliphatic heterocycles. The monoisotopic (exact) mass is 246 g/mol. The molecule has 1 aromatic carbocycles. The van der Waals surface area contributed by atoms with Gasteiger partial charge in [0.1, 0.15) is 6.04 Å². The Morgan fingerprint density at radius 1 is 1.33 bits per heavy atom. The number of benzene rings is 1. The van der Waals surface area contributed by atoms with E-state index in [0.717, 1.165) is 5.56 Å². The van der Waals surface area contributed by atoms with E-state index in [-0.39, 0.29) is 11.9 Å². The number of amides is 3. The summed E-state index contributed by atoms with van der Waals surface area (Å²) in [7, 11) is 0. The van der Waals surface area contributed by atoms with Gasteiger partial charge in [-0.1, -0.05) is 12.1 Å². The molecule has 5 nitrogen and oxygen atoms in total. The highest BCUT2D eigenvalue weighted by molar-refractivity contribution is 6.21. The highest BCUT2D eigenvalue weighted by Gasteiger charge is 2.47.